The van der Waals surface area contributed by atoms with Crippen LogP contribution in [0.15, 0.2) is 24.3 Å². The monoisotopic (exact) mass is 237 g/mol. The number of hydrogen-bond acceptors (Lipinski definition) is 3. The third-order valence-electron chi connectivity index (χ3n) is 2.59. The maximum atomic E-state index is 5.67. The summed E-state index contributed by atoms with van der Waals surface area (Å²) in [7, 11) is 1.72. The molecule has 17 heavy (non-hydrogen) atoms. The second-order valence-corrected chi connectivity index (χ2v) is 4.35. The quantitative estimate of drug-likeness (QED) is 0.706. The third-order valence-corrected chi connectivity index (χ3v) is 2.59. The fourth-order valence-electron chi connectivity index (χ4n) is 1.57. The number of benzene rings is 1. The first kappa shape index (κ1) is 14.0. The predicted octanol–water partition coefficient (Wildman–Crippen LogP) is 2.38. The summed E-state index contributed by atoms with van der Waals surface area (Å²) in [5.74, 6) is 0.927. The van der Waals surface area contributed by atoms with E-state index in [9.17, 15) is 0 Å². The molecule has 1 aromatic rings. The van der Waals surface area contributed by atoms with Crippen LogP contribution in [0.3, 0.4) is 0 Å². The van der Waals surface area contributed by atoms with E-state index in [4.69, 9.17) is 15.2 Å². The van der Waals surface area contributed by atoms with Gasteiger partial charge < -0.3 is 15.2 Å². The molecule has 0 amide bonds. The van der Waals surface area contributed by atoms with Gasteiger partial charge in [-0.3, -0.25) is 0 Å². The molecule has 0 radical (unpaired) electrons. The molecule has 3 heteroatoms. The first-order valence-electron chi connectivity index (χ1n) is 6.18. The van der Waals surface area contributed by atoms with Crippen molar-refractivity contribution in [2.24, 2.45) is 5.73 Å². The molecule has 0 aliphatic rings. The maximum Gasteiger partial charge on any atom is 0.119 e. The van der Waals surface area contributed by atoms with Crippen molar-refractivity contribution in [1.82, 2.24) is 0 Å². The van der Waals surface area contributed by atoms with Crippen LogP contribution in [0, 0.1) is 0 Å². The minimum Gasteiger partial charge on any atom is -0.494 e. The van der Waals surface area contributed by atoms with Crippen LogP contribution < -0.4 is 10.5 Å². The smallest absolute Gasteiger partial charge is 0.119 e. The predicted molar refractivity (Wildman–Crippen MR) is 70.4 cm³/mol. The van der Waals surface area contributed by atoms with E-state index in [0.717, 1.165) is 38.2 Å². The molecule has 96 valence electrons. The minimum atomic E-state index is 0.259. The lowest BCUT2D eigenvalue weighted by Crippen LogP contribution is -2.15. The van der Waals surface area contributed by atoms with E-state index in [1.54, 1.807) is 7.11 Å². The van der Waals surface area contributed by atoms with Crippen molar-refractivity contribution in [3.63, 3.8) is 0 Å². The zero-order valence-corrected chi connectivity index (χ0v) is 10.8. The fourth-order valence-corrected chi connectivity index (χ4v) is 1.57. The molecule has 3 nitrogen and oxygen atoms in total. The summed E-state index contributed by atoms with van der Waals surface area (Å²) in [6, 6.07) is 8.45. The average Bonchev–Trinajstić information content (AvgIpc) is 2.33. The molecule has 1 rings (SSSR count). The Labute approximate surface area is 104 Å². The van der Waals surface area contributed by atoms with E-state index < -0.39 is 0 Å². The summed E-state index contributed by atoms with van der Waals surface area (Å²) in [4.78, 5) is 0. The summed E-state index contributed by atoms with van der Waals surface area (Å²) in [5.41, 5.74) is 6.94. The molecule has 0 heterocycles. The molecule has 0 aromatic heterocycles. The summed E-state index contributed by atoms with van der Waals surface area (Å²) >= 11 is 0. The van der Waals surface area contributed by atoms with Crippen LogP contribution in [-0.4, -0.2) is 26.4 Å². The summed E-state index contributed by atoms with van der Waals surface area (Å²) in [5, 5.41) is 0. The SMILES string of the molecule is COCCc1ccc(OCCCC(C)N)cc1. The first-order valence-corrected chi connectivity index (χ1v) is 6.18. The molecule has 1 atom stereocenters. The summed E-state index contributed by atoms with van der Waals surface area (Å²) in [6.45, 7) is 3.51. The van der Waals surface area contributed by atoms with Gasteiger partial charge in [0.1, 0.15) is 5.75 Å². The second kappa shape index (κ2) is 8.09. The molecule has 1 unspecified atom stereocenters. The highest BCUT2D eigenvalue weighted by molar-refractivity contribution is 5.27. The van der Waals surface area contributed by atoms with Crippen molar-refractivity contribution in [3.8, 4) is 5.75 Å². The van der Waals surface area contributed by atoms with E-state index in [1.807, 2.05) is 19.1 Å². The average molecular weight is 237 g/mol. The molecule has 0 saturated heterocycles. The zero-order chi connectivity index (χ0) is 12.5. The second-order valence-electron chi connectivity index (χ2n) is 4.35. The van der Waals surface area contributed by atoms with Gasteiger partial charge in [-0.2, -0.15) is 0 Å². The number of rotatable bonds is 8. The van der Waals surface area contributed by atoms with Crippen LogP contribution in [0.4, 0.5) is 0 Å². The van der Waals surface area contributed by atoms with Crippen molar-refractivity contribution in [3.05, 3.63) is 29.8 Å². The van der Waals surface area contributed by atoms with Crippen molar-refractivity contribution >= 4 is 0 Å². The van der Waals surface area contributed by atoms with E-state index in [0.29, 0.717) is 0 Å². The van der Waals surface area contributed by atoms with Crippen LogP contribution in [0.1, 0.15) is 25.3 Å². The first-order chi connectivity index (χ1) is 8.22. The van der Waals surface area contributed by atoms with Crippen molar-refractivity contribution in [1.29, 1.82) is 0 Å². The van der Waals surface area contributed by atoms with E-state index in [2.05, 4.69) is 12.1 Å². The Balaban J connectivity index is 2.25. The highest BCUT2D eigenvalue weighted by Gasteiger charge is 1.97. The Morgan fingerprint density at radius 3 is 2.47 bits per heavy atom. The molecule has 1 aromatic carbocycles. The van der Waals surface area contributed by atoms with Gasteiger partial charge in [0, 0.05) is 13.2 Å². The lowest BCUT2D eigenvalue weighted by Gasteiger charge is -2.08. The molecule has 0 spiro atoms. The normalized spacial score (nSPS) is 12.4. The third kappa shape index (κ3) is 6.29. The molecule has 0 aliphatic heterocycles. The standard InChI is InChI=1S/C14H23NO2/c1-12(15)4-3-10-17-14-7-5-13(6-8-14)9-11-16-2/h5-8,12H,3-4,9-11,15H2,1-2H3. The fraction of sp³-hybridized carbons (Fsp3) is 0.571. The van der Waals surface area contributed by atoms with Crippen molar-refractivity contribution < 1.29 is 9.47 Å². The van der Waals surface area contributed by atoms with Gasteiger partial charge in [-0.05, 0) is 43.9 Å². The van der Waals surface area contributed by atoms with E-state index in [-0.39, 0.29) is 6.04 Å². The maximum absolute atomic E-state index is 5.67. The lowest BCUT2D eigenvalue weighted by molar-refractivity contribution is 0.202. The lowest BCUT2D eigenvalue weighted by atomic mass is 10.1. The van der Waals surface area contributed by atoms with Crippen LogP contribution in [0.5, 0.6) is 5.75 Å². The van der Waals surface area contributed by atoms with Gasteiger partial charge in [-0.1, -0.05) is 12.1 Å². The molecule has 2 N–H and O–H groups in total. The van der Waals surface area contributed by atoms with Crippen LogP contribution >= 0.6 is 0 Å². The Morgan fingerprint density at radius 2 is 1.88 bits per heavy atom. The largest absolute Gasteiger partial charge is 0.494 e. The van der Waals surface area contributed by atoms with E-state index in [1.165, 1.54) is 5.56 Å². The molecule has 0 aliphatic carbocycles. The number of nitrogens with two attached hydrogens (primary N) is 1. The highest BCUT2D eigenvalue weighted by atomic mass is 16.5. The van der Waals surface area contributed by atoms with Gasteiger partial charge in [0.2, 0.25) is 0 Å². The van der Waals surface area contributed by atoms with Gasteiger partial charge in [0.25, 0.3) is 0 Å². The van der Waals surface area contributed by atoms with Crippen molar-refractivity contribution in [2.45, 2.75) is 32.2 Å². The van der Waals surface area contributed by atoms with Gasteiger partial charge in [0.15, 0.2) is 0 Å². The van der Waals surface area contributed by atoms with Gasteiger partial charge in [0.05, 0.1) is 13.2 Å². The molecule has 0 bridgehead atoms. The summed E-state index contributed by atoms with van der Waals surface area (Å²) in [6.07, 6.45) is 2.95. The zero-order valence-electron chi connectivity index (χ0n) is 10.8. The van der Waals surface area contributed by atoms with Crippen LogP contribution in [-0.2, 0) is 11.2 Å². The van der Waals surface area contributed by atoms with E-state index >= 15 is 0 Å². The Bertz CT molecular complexity index is 296. The van der Waals surface area contributed by atoms with Gasteiger partial charge in [-0.25, -0.2) is 0 Å². The topological polar surface area (TPSA) is 44.5 Å². The molecule has 0 fully saturated rings. The summed E-state index contributed by atoms with van der Waals surface area (Å²) < 4.78 is 10.7. The Hall–Kier alpha value is -1.06. The van der Waals surface area contributed by atoms with Crippen molar-refractivity contribution in [2.75, 3.05) is 20.3 Å². The molecular formula is C14H23NO2. The highest BCUT2D eigenvalue weighted by Crippen LogP contribution is 2.13. The van der Waals surface area contributed by atoms with Gasteiger partial charge in [-0.15, -0.1) is 0 Å². The van der Waals surface area contributed by atoms with Crippen LogP contribution in [0.25, 0.3) is 0 Å². The Morgan fingerprint density at radius 1 is 1.18 bits per heavy atom. The van der Waals surface area contributed by atoms with Gasteiger partial charge >= 0.3 is 0 Å². The Kier molecular flexibility index (Phi) is 6.67. The van der Waals surface area contributed by atoms with Crippen LogP contribution in [0.2, 0.25) is 0 Å². The molecular weight excluding hydrogens is 214 g/mol. The number of hydrogen-bond donors (Lipinski definition) is 1. The molecule has 0 saturated carbocycles. The minimum absolute atomic E-state index is 0.259. The number of ether oxygens (including phenoxy) is 2. The number of methoxy groups -OCH3 is 1.